The SMILES string of the molecule is CC1CN(C(=O)CCCSc2nnc(Cc3ccccc3)n2-c2ccc(Cl)c(Cl)c2)CCN1C(=O)C(Cl)Cl. The van der Waals surface area contributed by atoms with Crippen LogP contribution in [0.15, 0.2) is 53.7 Å². The van der Waals surface area contributed by atoms with Gasteiger partial charge in [0.15, 0.2) is 9.99 Å². The first-order valence-electron chi connectivity index (χ1n) is 12.2. The van der Waals surface area contributed by atoms with Crippen LogP contribution in [0.3, 0.4) is 0 Å². The van der Waals surface area contributed by atoms with Gasteiger partial charge in [-0.3, -0.25) is 14.2 Å². The Morgan fingerprint density at radius 1 is 1.05 bits per heavy atom. The van der Waals surface area contributed by atoms with Crippen molar-refractivity contribution in [2.75, 3.05) is 25.4 Å². The maximum Gasteiger partial charge on any atom is 0.256 e. The van der Waals surface area contributed by atoms with Crippen LogP contribution in [0.5, 0.6) is 0 Å². The van der Waals surface area contributed by atoms with Gasteiger partial charge in [0.1, 0.15) is 5.82 Å². The maximum absolute atomic E-state index is 12.8. The molecule has 3 aromatic rings. The molecule has 12 heteroatoms. The molecule has 7 nitrogen and oxygen atoms in total. The highest BCUT2D eigenvalue weighted by atomic mass is 35.5. The highest BCUT2D eigenvalue weighted by molar-refractivity contribution is 7.99. The first-order valence-corrected chi connectivity index (χ1v) is 14.8. The summed E-state index contributed by atoms with van der Waals surface area (Å²) in [7, 11) is 0. The van der Waals surface area contributed by atoms with Crippen molar-refractivity contribution in [1.29, 1.82) is 0 Å². The van der Waals surface area contributed by atoms with E-state index >= 15 is 0 Å². The van der Waals surface area contributed by atoms with E-state index in [4.69, 9.17) is 46.4 Å². The van der Waals surface area contributed by atoms with Crippen LogP contribution in [-0.2, 0) is 16.0 Å². The van der Waals surface area contributed by atoms with Gasteiger partial charge in [0.05, 0.1) is 15.7 Å². The second kappa shape index (κ2) is 13.4. The van der Waals surface area contributed by atoms with Crippen molar-refractivity contribution >= 4 is 70.0 Å². The molecule has 1 saturated heterocycles. The number of hydrogen-bond donors (Lipinski definition) is 0. The van der Waals surface area contributed by atoms with Gasteiger partial charge in [0.25, 0.3) is 5.91 Å². The summed E-state index contributed by atoms with van der Waals surface area (Å²) >= 11 is 25.5. The van der Waals surface area contributed by atoms with E-state index in [0.29, 0.717) is 54.7 Å². The van der Waals surface area contributed by atoms with E-state index in [0.717, 1.165) is 22.2 Å². The quantitative estimate of drug-likeness (QED) is 0.170. The van der Waals surface area contributed by atoms with E-state index in [-0.39, 0.29) is 17.9 Å². The maximum atomic E-state index is 12.8. The van der Waals surface area contributed by atoms with Crippen molar-refractivity contribution in [1.82, 2.24) is 24.6 Å². The molecule has 0 N–H and O–H groups in total. The fourth-order valence-electron chi connectivity index (χ4n) is 4.35. The van der Waals surface area contributed by atoms with Crippen LogP contribution in [0.4, 0.5) is 0 Å². The highest BCUT2D eigenvalue weighted by Gasteiger charge is 2.31. The Labute approximate surface area is 246 Å². The number of piperazine rings is 1. The second-order valence-corrected chi connectivity index (χ2v) is 11.9. The van der Waals surface area contributed by atoms with E-state index in [2.05, 4.69) is 10.2 Å². The molecule has 0 radical (unpaired) electrons. The average molecular weight is 615 g/mol. The smallest absolute Gasteiger partial charge is 0.256 e. The molecule has 4 rings (SSSR count). The molecule has 0 saturated carbocycles. The van der Waals surface area contributed by atoms with Crippen LogP contribution in [0.25, 0.3) is 5.69 Å². The van der Waals surface area contributed by atoms with Gasteiger partial charge in [-0.05, 0) is 37.1 Å². The minimum absolute atomic E-state index is 0.0635. The molecule has 1 aromatic heterocycles. The highest BCUT2D eigenvalue weighted by Crippen LogP contribution is 2.29. The third-order valence-corrected chi connectivity index (χ3v) is 8.41. The molecule has 1 atom stereocenters. The fourth-order valence-corrected chi connectivity index (χ4v) is 5.80. The van der Waals surface area contributed by atoms with Crippen LogP contribution in [-0.4, -0.2) is 72.6 Å². The van der Waals surface area contributed by atoms with Gasteiger partial charge in [-0.2, -0.15) is 0 Å². The van der Waals surface area contributed by atoms with Crippen molar-refractivity contribution in [2.24, 2.45) is 0 Å². The van der Waals surface area contributed by atoms with Crippen molar-refractivity contribution in [3.05, 3.63) is 70.0 Å². The lowest BCUT2D eigenvalue weighted by Gasteiger charge is -2.40. The fraction of sp³-hybridized carbons (Fsp3) is 0.385. The summed E-state index contributed by atoms with van der Waals surface area (Å²) in [6.07, 6.45) is 1.68. The summed E-state index contributed by atoms with van der Waals surface area (Å²) in [6.45, 7) is 3.25. The first-order chi connectivity index (χ1) is 18.2. The Hall–Kier alpha value is -1.97. The number of thioether (sulfide) groups is 1. The molecule has 2 amide bonds. The van der Waals surface area contributed by atoms with Crippen LogP contribution in [0.2, 0.25) is 10.0 Å². The molecule has 202 valence electrons. The van der Waals surface area contributed by atoms with Crippen molar-refractivity contribution in [2.45, 2.75) is 42.2 Å². The number of hydrogen-bond acceptors (Lipinski definition) is 5. The predicted molar refractivity (Wildman–Crippen MR) is 154 cm³/mol. The largest absolute Gasteiger partial charge is 0.339 e. The van der Waals surface area contributed by atoms with Gasteiger partial charge in [-0.15, -0.1) is 10.2 Å². The molecule has 38 heavy (non-hydrogen) atoms. The molecule has 2 heterocycles. The summed E-state index contributed by atoms with van der Waals surface area (Å²) < 4.78 is 1.99. The Morgan fingerprint density at radius 3 is 2.50 bits per heavy atom. The third-order valence-electron chi connectivity index (χ3n) is 6.28. The molecular weight excluding hydrogens is 588 g/mol. The zero-order chi connectivity index (χ0) is 27.2. The molecule has 1 aliphatic rings. The van der Waals surface area contributed by atoms with Gasteiger partial charge >= 0.3 is 0 Å². The van der Waals surface area contributed by atoms with Gasteiger partial charge in [0, 0.05) is 44.3 Å². The molecule has 0 aliphatic carbocycles. The third kappa shape index (κ3) is 7.16. The van der Waals surface area contributed by atoms with Crippen LogP contribution >= 0.6 is 58.2 Å². The molecule has 1 unspecified atom stereocenters. The van der Waals surface area contributed by atoms with Crippen LogP contribution in [0, 0.1) is 0 Å². The number of nitrogens with zero attached hydrogens (tertiary/aromatic N) is 5. The molecule has 0 spiro atoms. The second-order valence-electron chi connectivity index (χ2n) is 8.97. The summed E-state index contributed by atoms with van der Waals surface area (Å²) in [4.78, 5) is 27.3. The lowest BCUT2D eigenvalue weighted by atomic mass is 10.1. The summed E-state index contributed by atoms with van der Waals surface area (Å²) in [5, 5.41) is 10.6. The standard InChI is InChI=1S/C26H27Cl4N5O2S/c1-17-16-33(11-12-34(17)25(37)24(29)30)23(36)8-5-13-38-26-32-31-22(14-18-6-3-2-4-7-18)35(26)19-9-10-20(27)21(28)15-19/h2-4,6-7,9-10,15,17,24H,5,8,11-14,16H2,1H3. The van der Waals surface area contributed by atoms with E-state index < -0.39 is 4.84 Å². The minimum atomic E-state index is -1.09. The van der Waals surface area contributed by atoms with E-state index in [9.17, 15) is 9.59 Å². The lowest BCUT2D eigenvalue weighted by Crippen LogP contribution is -2.56. The van der Waals surface area contributed by atoms with E-state index in [1.807, 2.05) is 47.9 Å². The predicted octanol–water partition coefficient (Wildman–Crippen LogP) is 5.90. The number of carbonyl (C=O) groups is 2. The van der Waals surface area contributed by atoms with Gasteiger partial charge in [-0.1, -0.05) is 88.5 Å². The zero-order valence-electron chi connectivity index (χ0n) is 20.7. The Kier molecular flexibility index (Phi) is 10.2. The number of benzene rings is 2. The average Bonchev–Trinajstić information content (AvgIpc) is 3.30. The number of aromatic nitrogens is 3. The van der Waals surface area contributed by atoms with Crippen LogP contribution < -0.4 is 0 Å². The molecule has 2 aromatic carbocycles. The normalized spacial score (nSPS) is 15.8. The minimum Gasteiger partial charge on any atom is -0.339 e. The molecule has 1 fully saturated rings. The monoisotopic (exact) mass is 613 g/mol. The Bertz CT molecular complexity index is 1270. The summed E-state index contributed by atoms with van der Waals surface area (Å²) in [6, 6.07) is 15.4. The lowest BCUT2D eigenvalue weighted by molar-refractivity contribution is -0.141. The summed E-state index contributed by atoms with van der Waals surface area (Å²) in [5.74, 6) is 1.21. The van der Waals surface area contributed by atoms with E-state index in [1.54, 1.807) is 33.7 Å². The molecule has 1 aliphatic heterocycles. The van der Waals surface area contributed by atoms with Gasteiger partial charge < -0.3 is 9.80 Å². The number of carbonyl (C=O) groups excluding carboxylic acids is 2. The van der Waals surface area contributed by atoms with Crippen molar-refractivity contribution < 1.29 is 9.59 Å². The van der Waals surface area contributed by atoms with E-state index in [1.165, 1.54) is 0 Å². The summed E-state index contributed by atoms with van der Waals surface area (Å²) in [5.41, 5.74) is 1.94. The van der Waals surface area contributed by atoms with Crippen LogP contribution in [0.1, 0.15) is 31.2 Å². The Balaban J connectivity index is 1.38. The van der Waals surface area contributed by atoms with Crippen molar-refractivity contribution in [3.63, 3.8) is 0 Å². The number of alkyl halides is 2. The number of rotatable bonds is 9. The molecular formula is C26H27Cl4N5O2S. The van der Waals surface area contributed by atoms with Gasteiger partial charge in [0.2, 0.25) is 5.91 Å². The topological polar surface area (TPSA) is 71.3 Å². The molecule has 0 bridgehead atoms. The number of halogens is 4. The number of amides is 2. The Morgan fingerprint density at radius 2 is 1.82 bits per heavy atom. The van der Waals surface area contributed by atoms with Gasteiger partial charge in [-0.25, -0.2) is 0 Å². The van der Waals surface area contributed by atoms with Crippen molar-refractivity contribution in [3.8, 4) is 5.69 Å². The first kappa shape index (κ1) is 29.0. The zero-order valence-corrected chi connectivity index (χ0v) is 24.5.